The highest BCUT2D eigenvalue weighted by Crippen LogP contribution is 2.21. The molecule has 0 saturated carbocycles. The summed E-state index contributed by atoms with van der Waals surface area (Å²) in [5.41, 5.74) is 1.20. The lowest BCUT2D eigenvalue weighted by Gasteiger charge is -2.31. The molecule has 1 aliphatic rings. The lowest BCUT2D eigenvalue weighted by molar-refractivity contribution is -0.0267. The van der Waals surface area contributed by atoms with Crippen molar-refractivity contribution < 1.29 is 9.53 Å². The van der Waals surface area contributed by atoms with E-state index in [4.69, 9.17) is 4.74 Å². The van der Waals surface area contributed by atoms with Crippen molar-refractivity contribution in [3.05, 3.63) is 35.4 Å². The average Bonchev–Trinajstić information content (AvgIpc) is 3.04. The van der Waals surface area contributed by atoms with Crippen LogP contribution in [0.15, 0.2) is 12.5 Å². The first kappa shape index (κ1) is 14.6. The van der Waals surface area contributed by atoms with Gasteiger partial charge in [0.25, 0.3) is 5.91 Å². The van der Waals surface area contributed by atoms with E-state index < -0.39 is 0 Å². The van der Waals surface area contributed by atoms with E-state index >= 15 is 0 Å². The smallest absolute Gasteiger partial charge is 0.257 e. The number of nitrogens with one attached hydrogen (secondary N) is 1. The number of aryl methyl sites for hydroxylation is 2. The minimum absolute atomic E-state index is 0.0855. The first-order valence-electron chi connectivity index (χ1n) is 7.27. The van der Waals surface area contributed by atoms with Gasteiger partial charge in [0.2, 0.25) is 0 Å². The summed E-state index contributed by atoms with van der Waals surface area (Å²) in [7, 11) is 0. The fourth-order valence-electron chi connectivity index (χ4n) is 2.37. The molecule has 1 aliphatic heterocycles. The number of ether oxygens (including phenoxy) is 1. The standard InChI is InChI=1S/C14H18N6O2/c1-3-12-17-13(19-18-12)11-7-20(4-5-22-11)14(21)10-6-15-8-16-9(10)2/h6,8,11H,3-5,7H2,1-2H3,(H,17,18,19). The van der Waals surface area contributed by atoms with Gasteiger partial charge in [-0.15, -0.1) is 0 Å². The predicted molar refractivity (Wildman–Crippen MR) is 77.1 cm³/mol. The molecule has 0 aliphatic carbocycles. The van der Waals surface area contributed by atoms with Crippen LogP contribution in [0.25, 0.3) is 0 Å². The quantitative estimate of drug-likeness (QED) is 0.895. The maximum Gasteiger partial charge on any atom is 0.257 e. The molecule has 0 aromatic carbocycles. The number of hydrogen-bond acceptors (Lipinski definition) is 6. The molecule has 2 aromatic heterocycles. The number of morpholine rings is 1. The second-order valence-electron chi connectivity index (χ2n) is 5.13. The zero-order valence-corrected chi connectivity index (χ0v) is 12.6. The van der Waals surface area contributed by atoms with Crippen molar-refractivity contribution >= 4 is 5.91 Å². The molecule has 0 radical (unpaired) electrons. The van der Waals surface area contributed by atoms with Gasteiger partial charge in [0.15, 0.2) is 5.82 Å². The average molecular weight is 302 g/mol. The van der Waals surface area contributed by atoms with Crippen molar-refractivity contribution in [2.45, 2.75) is 26.4 Å². The van der Waals surface area contributed by atoms with Crippen LogP contribution in [-0.4, -0.2) is 55.7 Å². The van der Waals surface area contributed by atoms with Crippen LogP contribution >= 0.6 is 0 Å². The molecule has 1 unspecified atom stereocenters. The summed E-state index contributed by atoms with van der Waals surface area (Å²) in [6, 6.07) is 0. The van der Waals surface area contributed by atoms with Crippen molar-refractivity contribution in [1.82, 2.24) is 30.0 Å². The molecule has 1 amide bonds. The van der Waals surface area contributed by atoms with Crippen molar-refractivity contribution in [3.63, 3.8) is 0 Å². The monoisotopic (exact) mass is 302 g/mol. The molecule has 1 fully saturated rings. The highest BCUT2D eigenvalue weighted by atomic mass is 16.5. The molecular formula is C14H18N6O2. The van der Waals surface area contributed by atoms with Gasteiger partial charge in [0, 0.05) is 19.2 Å². The highest BCUT2D eigenvalue weighted by Gasteiger charge is 2.29. The van der Waals surface area contributed by atoms with E-state index in [1.165, 1.54) is 6.33 Å². The van der Waals surface area contributed by atoms with Crippen LogP contribution in [0, 0.1) is 6.92 Å². The van der Waals surface area contributed by atoms with Gasteiger partial charge in [0.05, 0.1) is 24.4 Å². The first-order valence-corrected chi connectivity index (χ1v) is 7.27. The number of H-pyrrole nitrogens is 1. The van der Waals surface area contributed by atoms with Gasteiger partial charge in [-0.2, -0.15) is 5.10 Å². The molecule has 3 heterocycles. The van der Waals surface area contributed by atoms with Crippen LogP contribution in [0.5, 0.6) is 0 Å². The molecule has 8 nitrogen and oxygen atoms in total. The molecule has 0 bridgehead atoms. The predicted octanol–water partition coefficient (Wildman–Crippen LogP) is 0.679. The minimum Gasteiger partial charge on any atom is -0.366 e. The van der Waals surface area contributed by atoms with Crippen LogP contribution in [0.4, 0.5) is 0 Å². The van der Waals surface area contributed by atoms with Crippen molar-refractivity contribution in [2.24, 2.45) is 0 Å². The molecule has 2 aromatic rings. The van der Waals surface area contributed by atoms with Gasteiger partial charge in [-0.1, -0.05) is 6.92 Å². The van der Waals surface area contributed by atoms with E-state index in [-0.39, 0.29) is 12.0 Å². The zero-order chi connectivity index (χ0) is 15.5. The number of carbonyl (C=O) groups is 1. The second kappa shape index (κ2) is 6.18. The third kappa shape index (κ3) is 2.82. The third-order valence-electron chi connectivity index (χ3n) is 3.67. The molecule has 0 spiro atoms. The summed E-state index contributed by atoms with van der Waals surface area (Å²) >= 11 is 0. The van der Waals surface area contributed by atoms with Crippen LogP contribution in [-0.2, 0) is 11.2 Å². The summed E-state index contributed by atoms with van der Waals surface area (Å²) in [6.07, 6.45) is 3.47. The van der Waals surface area contributed by atoms with Crippen molar-refractivity contribution in [2.75, 3.05) is 19.7 Å². The van der Waals surface area contributed by atoms with E-state index in [9.17, 15) is 4.79 Å². The van der Waals surface area contributed by atoms with Crippen LogP contribution in [0.1, 0.15) is 40.7 Å². The molecule has 3 rings (SSSR count). The summed E-state index contributed by atoms with van der Waals surface area (Å²) in [5, 5.41) is 7.04. The van der Waals surface area contributed by atoms with E-state index in [1.54, 1.807) is 18.0 Å². The number of rotatable bonds is 3. The number of nitrogens with zero attached hydrogens (tertiary/aromatic N) is 5. The Hall–Kier alpha value is -2.35. The number of aromatic nitrogens is 5. The first-order chi connectivity index (χ1) is 10.7. The van der Waals surface area contributed by atoms with E-state index in [0.29, 0.717) is 36.8 Å². The van der Waals surface area contributed by atoms with E-state index in [0.717, 1.165) is 12.2 Å². The topological polar surface area (TPSA) is 96.9 Å². The summed E-state index contributed by atoms with van der Waals surface area (Å²) in [4.78, 5) is 26.7. The Labute approximate surface area is 127 Å². The Kier molecular flexibility index (Phi) is 4.10. The molecule has 22 heavy (non-hydrogen) atoms. The zero-order valence-electron chi connectivity index (χ0n) is 12.6. The molecule has 116 valence electrons. The van der Waals surface area contributed by atoms with Gasteiger partial charge in [0.1, 0.15) is 18.3 Å². The van der Waals surface area contributed by atoms with E-state index in [2.05, 4.69) is 25.1 Å². The number of amides is 1. The summed E-state index contributed by atoms with van der Waals surface area (Å²) in [5.74, 6) is 1.32. The maximum atomic E-state index is 12.6. The Balaban J connectivity index is 1.75. The van der Waals surface area contributed by atoms with Gasteiger partial charge in [-0.3, -0.25) is 9.89 Å². The normalized spacial score (nSPS) is 18.5. The third-order valence-corrected chi connectivity index (χ3v) is 3.67. The SMILES string of the molecule is CCc1nc(C2CN(C(=O)c3cncnc3C)CCO2)n[nH]1. The largest absolute Gasteiger partial charge is 0.366 e. The minimum atomic E-state index is -0.306. The van der Waals surface area contributed by atoms with Crippen molar-refractivity contribution in [1.29, 1.82) is 0 Å². The highest BCUT2D eigenvalue weighted by molar-refractivity contribution is 5.94. The summed E-state index contributed by atoms with van der Waals surface area (Å²) < 4.78 is 5.70. The Morgan fingerprint density at radius 1 is 1.55 bits per heavy atom. The lowest BCUT2D eigenvalue weighted by Crippen LogP contribution is -2.42. The fraction of sp³-hybridized carbons (Fsp3) is 0.500. The fourth-order valence-corrected chi connectivity index (χ4v) is 2.37. The molecule has 1 atom stereocenters. The molecule has 1 saturated heterocycles. The van der Waals surface area contributed by atoms with Crippen LogP contribution in [0.3, 0.4) is 0 Å². The molecule has 1 N–H and O–H groups in total. The Bertz CT molecular complexity index is 671. The second-order valence-corrected chi connectivity index (χ2v) is 5.13. The van der Waals surface area contributed by atoms with Gasteiger partial charge in [-0.25, -0.2) is 15.0 Å². The van der Waals surface area contributed by atoms with Gasteiger partial charge in [-0.05, 0) is 6.92 Å². The lowest BCUT2D eigenvalue weighted by atomic mass is 10.2. The Morgan fingerprint density at radius 2 is 2.41 bits per heavy atom. The van der Waals surface area contributed by atoms with Gasteiger partial charge >= 0.3 is 0 Å². The number of aromatic amines is 1. The van der Waals surface area contributed by atoms with E-state index in [1.807, 2.05) is 6.92 Å². The van der Waals surface area contributed by atoms with Gasteiger partial charge < -0.3 is 9.64 Å². The summed E-state index contributed by atoms with van der Waals surface area (Å²) in [6.45, 7) is 5.22. The number of hydrogen-bond donors (Lipinski definition) is 1. The maximum absolute atomic E-state index is 12.6. The van der Waals surface area contributed by atoms with Crippen molar-refractivity contribution in [3.8, 4) is 0 Å². The number of carbonyl (C=O) groups excluding carboxylic acids is 1. The Morgan fingerprint density at radius 3 is 3.14 bits per heavy atom. The molecule has 8 heteroatoms. The van der Waals surface area contributed by atoms with Crippen LogP contribution in [0.2, 0.25) is 0 Å². The molecular weight excluding hydrogens is 284 g/mol. The van der Waals surface area contributed by atoms with Crippen LogP contribution < -0.4 is 0 Å².